The number of amides is 1. The Bertz CT molecular complexity index is 681. The van der Waals surface area contributed by atoms with E-state index in [1.807, 2.05) is 30.8 Å². The van der Waals surface area contributed by atoms with E-state index in [1.54, 1.807) is 13.2 Å². The molecule has 7 heteroatoms. The van der Waals surface area contributed by atoms with E-state index in [0.29, 0.717) is 6.54 Å². The van der Waals surface area contributed by atoms with Crippen LogP contribution in [0.15, 0.2) is 18.6 Å². The summed E-state index contributed by atoms with van der Waals surface area (Å²) in [5.41, 5.74) is 0.436. The predicted octanol–water partition coefficient (Wildman–Crippen LogP) is 0.733. The van der Waals surface area contributed by atoms with Crippen LogP contribution in [0.5, 0.6) is 0 Å². The van der Waals surface area contributed by atoms with E-state index < -0.39 is 0 Å². The van der Waals surface area contributed by atoms with Crippen molar-refractivity contribution in [3.05, 3.63) is 18.6 Å². The van der Waals surface area contributed by atoms with Crippen molar-refractivity contribution in [2.45, 2.75) is 13.3 Å². The average molecular weight is 288 g/mol. The lowest BCUT2D eigenvalue weighted by Gasteiger charge is -2.23. The molecule has 1 fully saturated rings. The van der Waals surface area contributed by atoms with Gasteiger partial charge in [0.2, 0.25) is 5.91 Å². The lowest BCUT2D eigenvalue weighted by Crippen LogP contribution is -2.39. The fourth-order valence-corrected chi connectivity index (χ4v) is 2.88. The van der Waals surface area contributed by atoms with Crippen molar-refractivity contribution in [1.82, 2.24) is 19.7 Å². The molecule has 2 aromatic heterocycles. The Balaban J connectivity index is 1.98. The molecule has 112 valence electrons. The normalized spacial score (nSPS) is 21.8. The van der Waals surface area contributed by atoms with Crippen LogP contribution in [0.2, 0.25) is 0 Å². The Hall–Kier alpha value is -2.31. The van der Waals surface area contributed by atoms with Gasteiger partial charge < -0.3 is 19.9 Å². The fourth-order valence-electron chi connectivity index (χ4n) is 2.88. The summed E-state index contributed by atoms with van der Waals surface area (Å²) in [6, 6.07) is 0. The Morgan fingerprint density at radius 1 is 1.43 bits per heavy atom. The first-order chi connectivity index (χ1) is 10.1. The molecule has 3 heterocycles. The molecule has 2 aromatic rings. The van der Waals surface area contributed by atoms with Crippen LogP contribution in [0, 0.1) is 5.41 Å². The molecule has 0 spiro atoms. The Morgan fingerprint density at radius 2 is 2.24 bits per heavy atom. The molecule has 3 rings (SSSR count). The number of anilines is 2. The van der Waals surface area contributed by atoms with Gasteiger partial charge in [0.25, 0.3) is 0 Å². The van der Waals surface area contributed by atoms with Crippen molar-refractivity contribution in [1.29, 1.82) is 0 Å². The summed E-state index contributed by atoms with van der Waals surface area (Å²) in [5, 5.41) is 5.82. The van der Waals surface area contributed by atoms with Crippen LogP contribution in [0.1, 0.15) is 13.3 Å². The summed E-state index contributed by atoms with van der Waals surface area (Å²) >= 11 is 0. The molecule has 0 bridgehead atoms. The smallest absolute Gasteiger partial charge is 0.227 e. The lowest BCUT2D eigenvalue weighted by atomic mass is 9.89. The van der Waals surface area contributed by atoms with Gasteiger partial charge in [0.05, 0.1) is 11.6 Å². The first-order valence-electron chi connectivity index (χ1n) is 7.06. The van der Waals surface area contributed by atoms with Crippen LogP contribution in [-0.4, -0.2) is 47.5 Å². The number of fused-ring (bicyclic) bond motifs is 1. The third-order valence-electron chi connectivity index (χ3n) is 4.16. The van der Waals surface area contributed by atoms with E-state index in [1.165, 1.54) is 0 Å². The van der Waals surface area contributed by atoms with Crippen molar-refractivity contribution >= 4 is 23.2 Å². The molecular weight excluding hydrogens is 268 g/mol. The number of aromatic nitrogens is 3. The molecule has 0 saturated carbocycles. The molecule has 0 aromatic carbocycles. The van der Waals surface area contributed by atoms with Crippen LogP contribution in [-0.2, 0) is 4.79 Å². The second kappa shape index (κ2) is 4.91. The summed E-state index contributed by atoms with van der Waals surface area (Å²) in [7, 11) is 3.52. The number of carbonyl (C=O) groups excluding carboxylic acids is 1. The third kappa shape index (κ3) is 2.18. The van der Waals surface area contributed by atoms with Gasteiger partial charge in [-0.2, -0.15) is 0 Å². The van der Waals surface area contributed by atoms with Gasteiger partial charge in [-0.3, -0.25) is 4.79 Å². The molecule has 2 N–H and O–H groups in total. The number of nitrogens with one attached hydrogen (secondary N) is 2. The van der Waals surface area contributed by atoms with Crippen molar-refractivity contribution in [2.24, 2.45) is 5.41 Å². The van der Waals surface area contributed by atoms with Gasteiger partial charge in [0.15, 0.2) is 11.5 Å². The molecule has 0 aliphatic carbocycles. The van der Waals surface area contributed by atoms with Crippen molar-refractivity contribution < 1.29 is 4.79 Å². The van der Waals surface area contributed by atoms with Crippen LogP contribution >= 0.6 is 0 Å². The number of imidazole rings is 1. The largest absolute Gasteiger partial charge is 0.372 e. The summed E-state index contributed by atoms with van der Waals surface area (Å²) in [5.74, 6) is 1.68. The highest BCUT2D eigenvalue weighted by molar-refractivity contribution is 5.84. The maximum absolute atomic E-state index is 12.1. The quantitative estimate of drug-likeness (QED) is 0.871. The first-order valence-corrected chi connectivity index (χ1v) is 7.06. The zero-order valence-electron chi connectivity index (χ0n) is 12.6. The maximum atomic E-state index is 12.1. The second-order valence-corrected chi connectivity index (χ2v) is 5.67. The van der Waals surface area contributed by atoms with E-state index in [4.69, 9.17) is 0 Å². The van der Waals surface area contributed by atoms with Gasteiger partial charge in [-0.05, 0) is 13.3 Å². The van der Waals surface area contributed by atoms with Gasteiger partial charge in [-0.25, -0.2) is 9.97 Å². The van der Waals surface area contributed by atoms with Gasteiger partial charge in [0, 0.05) is 39.6 Å². The molecule has 7 nitrogen and oxygen atoms in total. The topological polar surface area (TPSA) is 74.6 Å². The Kier molecular flexibility index (Phi) is 3.19. The zero-order chi connectivity index (χ0) is 15.0. The molecule has 21 heavy (non-hydrogen) atoms. The minimum absolute atomic E-state index is 0.0779. The molecule has 1 amide bonds. The van der Waals surface area contributed by atoms with Crippen molar-refractivity contribution in [3.8, 4) is 0 Å². The number of hydrogen-bond donors (Lipinski definition) is 2. The van der Waals surface area contributed by atoms with Crippen LogP contribution in [0.4, 0.5) is 11.6 Å². The third-order valence-corrected chi connectivity index (χ3v) is 4.16. The molecule has 1 saturated heterocycles. The van der Waals surface area contributed by atoms with Gasteiger partial charge in [0.1, 0.15) is 5.82 Å². The summed E-state index contributed by atoms with van der Waals surface area (Å²) in [6.07, 6.45) is 6.37. The number of nitrogens with zero attached hydrogens (tertiary/aromatic N) is 4. The minimum atomic E-state index is -0.379. The molecule has 1 unspecified atom stereocenters. The van der Waals surface area contributed by atoms with E-state index in [9.17, 15) is 4.79 Å². The van der Waals surface area contributed by atoms with Crippen LogP contribution < -0.4 is 15.5 Å². The highest BCUT2D eigenvalue weighted by Gasteiger charge is 2.40. The SMILES string of the molecule is CNC(=O)C1(C)CCN(c2nc(NC)cn3ccnc23)C1. The predicted molar refractivity (Wildman–Crippen MR) is 81.5 cm³/mol. The highest BCUT2D eigenvalue weighted by Crippen LogP contribution is 2.34. The minimum Gasteiger partial charge on any atom is -0.372 e. The molecule has 1 aliphatic heterocycles. The molecule has 1 aliphatic rings. The van der Waals surface area contributed by atoms with E-state index in [2.05, 4.69) is 25.5 Å². The van der Waals surface area contributed by atoms with Crippen molar-refractivity contribution in [2.75, 3.05) is 37.4 Å². The summed E-state index contributed by atoms with van der Waals surface area (Å²) in [6.45, 7) is 3.44. The summed E-state index contributed by atoms with van der Waals surface area (Å²) < 4.78 is 1.95. The van der Waals surface area contributed by atoms with Gasteiger partial charge in [-0.15, -0.1) is 0 Å². The number of hydrogen-bond acceptors (Lipinski definition) is 5. The number of rotatable bonds is 3. The first kappa shape index (κ1) is 13.7. The van der Waals surface area contributed by atoms with Gasteiger partial charge >= 0.3 is 0 Å². The molecule has 1 atom stereocenters. The van der Waals surface area contributed by atoms with Crippen molar-refractivity contribution in [3.63, 3.8) is 0 Å². The van der Waals surface area contributed by atoms with E-state index in [-0.39, 0.29) is 11.3 Å². The Labute approximate surface area is 123 Å². The van der Waals surface area contributed by atoms with E-state index in [0.717, 1.165) is 30.2 Å². The Morgan fingerprint density at radius 3 is 2.95 bits per heavy atom. The standard InChI is InChI=1S/C14H20N6O/c1-14(13(21)16-3)4-6-20(9-14)12-11-17-5-7-19(11)8-10(15-2)18-12/h5,7-8,15H,4,6,9H2,1-3H3,(H,16,21). The number of carbonyl (C=O) groups is 1. The fraction of sp³-hybridized carbons (Fsp3) is 0.500. The average Bonchev–Trinajstić information content (AvgIpc) is 3.12. The summed E-state index contributed by atoms with van der Waals surface area (Å²) in [4.78, 5) is 23.2. The molecular formula is C14H20N6O. The maximum Gasteiger partial charge on any atom is 0.227 e. The lowest BCUT2D eigenvalue weighted by molar-refractivity contribution is -0.128. The van der Waals surface area contributed by atoms with Crippen LogP contribution in [0.25, 0.3) is 5.65 Å². The van der Waals surface area contributed by atoms with Gasteiger partial charge in [-0.1, -0.05) is 0 Å². The van der Waals surface area contributed by atoms with E-state index >= 15 is 0 Å². The second-order valence-electron chi connectivity index (χ2n) is 5.67. The molecule has 0 radical (unpaired) electrons. The van der Waals surface area contributed by atoms with Crippen LogP contribution in [0.3, 0.4) is 0 Å². The monoisotopic (exact) mass is 288 g/mol. The highest BCUT2D eigenvalue weighted by atomic mass is 16.2. The zero-order valence-corrected chi connectivity index (χ0v) is 12.6.